The van der Waals surface area contributed by atoms with E-state index in [1.165, 1.54) is 10.9 Å². The van der Waals surface area contributed by atoms with E-state index >= 15 is 0 Å². The van der Waals surface area contributed by atoms with E-state index in [0.29, 0.717) is 15.8 Å². The standard InChI is InChI=1S/C11H14N4O4S/c1-14-3-13-9-6(11(14)20)12-4-15(9)10-8(18)7(17)5(2-16)19-10/h3-5,7-8,10,16-18H,2H2,1H3/t5-,7+,8+,10-/m0/s1. The monoisotopic (exact) mass is 298 g/mol. The number of hydrogen-bond donors (Lipinski definition) is 3. The number of aliphatic hydroxyl groups excluding tert-OH is 3. The molecular weight excluding hydrogens is 284 g/mol. The molecule has 2 aromatic heterocycles. The third kappa shape index (κ3) is 1.86. The summed E-state index contributed by atoms with van der Waals surface area (Å²) in [5.41, 5.74) is 0.977. The maximum atomic E-state index is 10.0. The minimum Gasteiger partial charge on any atom is -0.394 e. The summed E-state index contributed by atoms with van der Waals surface area (Å²) in [6, 6.07) is 0. The van der Waals surface area contributed by atoms with Crippen molar-refractivity contribution in [2.24, 2.45) is 7.05 Å². The van der Waals surface area contributed by atoms with Gasteiger partial charge in [-0.05, 0) is 0 Å². The maximum Gasteiger partial charge on any atom is 0.166 e. The van der Waals surface area contributed by atoms with Gasteiger partial charge in [0.1, 0.15) is 28.5 Å². The first kappa shape index (κ1) is 13.6. The van der Waals surface area contributed by atoms with Gasteiger partial charge in [-0.2, -0.15) is 0 Å². The largest absolute Gasteiger partial charge is 0.394 e. The van der Waals surface area contributed by atoms with Crippen LogP contribution in [-0.4, -0.2) is 59.3 Å². The van der Waals surface area contributed by atoms with E-state index in [1.54, 1.807) is 17.9 Å². The molecule has 0 spiro atoms. The van der Waals surface area contributed by atoms with Crippen LogP contribution < -0.4 is 0 Å². The predicted octanol–water partition coefficient (Wildman–Crippen LogP) is -0.889. The second kappa shape index (κ2) is 4.86. The maximum absolute atomic E-state index is 10.0. The molecule has 0 unspecified atom stereocenters. The molecule has 0 aromatic carbocycles. The Labute approximate surface area is 118 Å². The van der Waals surface area contributed by atoms with Gasteiger partial charge in [0, 0.05) is 7.05 Å². The molecule has 2 aromatic rings. The average molecular weight is 298 g/mol. The molecule has 3 N–H and O–H groups in total. The smallest absolute Gasteiger partial charge is 0.166 e. The Kier molecular flexibility index (Phi) is 3.30. The molecule has 1 saturated heterocycles. The lowest BCUT2D eigenvalue weighted by Crippen LogP contribution is -2.33. The number of rotatable bonds is 2. The van der Waals surface area contributed by atoms with E-state index in [1.807, 2.05) is 0 Å². The normalized spacial score (nSPS) is 30.2. The molecule has 9 heteroatoms. The summed E-state index contributed by atoms with van der Waals surface area (Å²) >= 11 is 5.24. The first-order chi connectivity index (χ1) is 9.54. The lowest BCUT2D eigenvalue weighted by atomic mass is 10.1. The van der Waals surface area contributed by atoms with Crippen molar-refractivity contribution >= 4 is 23.4 Å². The molecule has 0 saturated carbocycles. The third-order valence-electron chi connectivity index (χ3n) is 3.44. The Morgan fingerprint density at radius 2 is 2.05 bits per heavy atom. The first-order valence-corrected chi connectivity index (χ1v) is 6.46. The number of hydrogen-bond acceptors (Lipinski definition) is 7. The van der Waals surface area contributed by atoms with Gasteiger partial charge >= 0.3 is 0 Å². The fraction of sp³-hybridized carbons (Fsp3) is 0.545. The number of ether oxygens (including phenoxy) is 1. The van der Waals surface area contributed by atoms with E-state index in [9.17, 15) is 10.2 Å². The number of aromatic nitrogens is 4. The van der Waals surface area contributed by atoms with Crippen LogP contribution >= 0.6 is 12.2 Å². The van der Waals surface area contributed by atoms with Gasteiger partial charge in [-0.15, -0.1) is 0 Å². The minimum absolute atomic E-state index is 0.379. The second-order valence-corrected chi connectivity index (χ2v) is 5.10. The lowest BCUT2D eigenvalue weighted by molar-refractivity contribution is -0.0511. The van der Waals surface area contributed by atoms with Gasteiger partial charge in [0.25, 0.3) is 0 Å². The zero-order valence-electron chi connectivity index (χ0n) is 10.6. The number of aryl methyl sites for hydroxylation is 1. The summed E-state index contributed by atoms with van der Waals surface area (Å²) in [5.74, 6) is 0. The van der Waals surface area contributed by atoms with E-state index in [2.05, 4.69) is 9.97 Å². The number of nitrogens with zero attached hydrogens (tertiary/aromatic N) is 4. The molecule has 20 heavy (non-hydrogen) atoms. The molecule has 3 heterocycles. The van der Waals surface area contributed by atoms with Crippen molar-refractivity contribution < 1.29 is 20.1 Å². The SMILES string of the molecule is Cn1cnc2c(ncn2[C@H]2O[C@@H](CO)[C@@H](O)[C@H]2O)c1=S. The molecular formula is C11H14N4O4S. The van der Waals surface area contributed by atoms with Crippen LogP contribution in [0.2, 0.25) is 0 Å². The Morgan fingerprint density at radius 1 is 1.30 bits per heavy atom. The minimum atomic E-state index is -1.17. The number of aliphatic hydroxyl groups is 3. The van der Waals surface area contributed by atoms with Gasteiger partial charge in [0.2, 0.25) is 0 Å². The summed E-state index contributed by atoms with van der Waals surface area (Å²) in [4.78, 5) is 8.39. The molecule has 4 atom stereocenters. The Bertz CT molecular complexity index is 699. The van der Waals surface area contributed by atoms with Crippen LogP contribution in [0.15, 0.2) is 12.7 Å². The Hall–Kier alpha value is -1.39. The van der Waals surface area contributed by atoms with Crippen LogP contribution in [0.3, 0.4) is 0 Å². The van der Waals surface area contributed by atoms with Gasteiger partial charge < -0.3 is 24.6 Å². The summed E-state index contributed by atoms with van der Waals surface area (Å²) < 4.78 is 9.13. The highest BCUT2D eigenvalue weighted by atomic mass is 32.1. The van der Waals surface area contributed by atoms with E-state index < -0.39 is 24.5 Å². The van der Waals surface area contributed by atoms with Crippen molar-refractivity contribution in [3.05, 3.63) is 17.3 Å². The molecule has 0 amide bonds. The predicted molar refractivity (Wildman–Crippen MR) is 70.3 cm³/mol. The van der Waals surface area contributed by atoms with Crippen LogP contribution in [-0.2, 0) is 11.8 Å². The van der Waals surface area contributed by atoms with E-state index in [-0.39, 0.29) is 6.61 Å². The highest BCUT2D eigenvalue weighted by molar-refractivity contribution is 7.71. The van der Waals surface area contributed by atoms with Crippen LogP contribution in [0.4, 0.5) is 0 Å². The van der Waals surface area contributed by atoms with Crippen LogP contribution in [0.5, 0.6) is 0 Å². The van der Waals surface area contributed by atoms with Gasteiger partial charge in [-0.25, -0.2) is 9.97 Å². The van der Waals surface area contributed by atoms with Crippen LogP contribution in [0.25, 0.3) is 11.2 Å². The number of imidazole rings is 1. The van der Waals surface area contributed by atoms with Gasteiger partial charge in [0.05, 0.1) is 19.3 Å². The molecule has 108 valence electrons. The molecule has 1 fully saturated rings. The molecule has 0 aliphatic carbocycles. The third-order valence-corrected chi connectivity index (χ3v) is 3.92. The fourth-order valence-corrected chi connectivity index (χ4v) is 2.48. The second-order valence-electron chi connectivity index (χ2n) is 4.71. The highest BCUT2D eigenvalue weighted by Gasteiger charge is 2.43. The molecule has 0 radical (unpaired) electrons. The van der Waals surface area contributed by atoms with Crippen molar-refractivity contribution in [1.82, 2.24) is 19.1 Å². The summed E-state index contributed by atoms with van der Waals surface area (Å²) in [6.45, 7) is -0.379. The molecule has 1 aliphatic rings. The summed E-state index contributed by atoms with van der Waals surface area (Å²) in [5, 5.41) is 28.9. The number of fused-ring (bicyclic) bond motifs is 1. The molecule has 3 rings (SSSR count). The average Bonchev–Trinajstić information content (AvgIpc) is 2.98. The van der Waals surface area contributed by atoms with Crippen molar-refractivity contribution in [3.63, 3.8) is 0 Å². The quantitative estimate of drug-likeness (QED) is 0.618. The lowest BCUT2D eigenvalue weighted by Gasteiger charge is -2.16. The van der Waals surface area contributed by atoms with Crippen molar-refractivity contribution in [3.8, 4) is 0 Å². The van der Waals surface area contributed by atoms with E-state index in [4.69, 9.17) is 22.1 Å². The zero-order valence-corrected chi connectivity index (χ0v) is 11.4. The first-order valence-electron chi connectivity index (χ1n) is 6.05. The van der Waals surface area contributed by atoms with Crippen molar-refractivity contribution in [2.45, 2.75) is 24.5 Å². The molecule has 1 aliphatic heterocycles. The zero-order chi connectivity index (χ0) is 14.4. The fourth-order valence-electron chi connectivity index (χ4n) is 2.29. The van der Waals surface area contributed by atoms with Crippen molar-refractivity contribution in [1.29, 1.82) is 0 Å². The van der Waals surface area contributed by atoms with Crippen LogP contribution in [0.1, 0.15) is 6.23 Å². The van der Waals surface area contributed by atoms with Crippen molar-refractivity contribution in [2.75, 3.05) is 6.61 Å². The van der Waals surface area contributed by atoms with E-state index in [0.717, 1.165) is 0 Å². The molecule has 0 bridgehead atoms. The summed E-state index contributed by atoms with van der Waals surface area (Å²) in [7, 11) is 1.76. The Balaban J connectivity index is 2.08. The van der Waals surface area contributed by atoms with Gasteiger partial charge in [0.15, 0.2) is 11.9 Å². The van der Waals surface area contributed by atoms with Gasteiger partial charge in [-0.3, -0.25) is 4.57 Å². The topological polar surface area (TPSA) is 106 Å². The highest BCUT2D eigenvalue weighted by Crippen LogP contribution is 2.31. The van der Waals surface area contributed by atoms with Crippen LogP contribution in [0, 0.1) is 4.64 Å². The van der Waals surface area contributed by atoms with Gasteiger partial charge in [-0.1, -0.05) is 12.2 Å². The molecule has 8 nitrogen and oxygen atoms in total. The summed E-state index contributed by atoms with van der Waals surface area (Å²) in [6.07, 6.45) is -1.03. The Morgan fingerprint density at radius 3 is 2.70 bits per heavy atom.